The fourth-order valence-electron chi connectivity index (χ4n) is 1.79. The van der Waals surface area contributed by atoms with Gasteiger partial charge in [-0.1, -0.05) is 6.58 Å². The van der Waals surface area contributed by atoms with Crippen LogP contribution >= 0.6 is 0 Å². The van der Waals surface area contributed by atoms with E-state index < -0.39 is 73.1 Å². The Morgan fingerprint density at radius 3 is 1.27 bits per heavy atom. The quantitative estimate of drug-likeness (QED) is 0.171. The molecule has 0 rings (SSSR count). The molecule has 196 valence electrons. The third-order valence-corrected chi connectivity index (χ3v) is 3.82. The average molecular weight is 532 g/mol. The molecule has 0 fully saturated rings. The first-order valence-corrected chi connectivity index (χ1v) is 7.65. The Kier molecular flexibility index (Phi) is 8.27. The molecule has 0 amide bonds. The molecule has 0 aromatic rings. The lowest BCUT2D eigenvalue weighted by atomic mass is 9.88. The van der Waals surface area contributed by atoms with E-state index in [4.69, 9.17) is 0 Å². The summed E-state index contributed by atoms with van der Waals surface area (Å²) in [6.07, 6.45) is -10.1. The number of ether oxygens (including phenoxy) is 1. The maximum atomic E-state index is 13.5. The first kappa shape index (κ1) is 31.2. The Morgan fingerprint density at radius 2 is 0.939 bits per heavy atom. The molecule has 0 heterocycles. The zero-order valence-corrected chi connectivity index (χ0v) is 15.1. The smallest absolute Gasteiger partial charge is 0.373 e. The van der Waals surface area contributed by atoms with Crippen LogP contribution in [0.3, 0.4) is 0 Å². The minimum absolute atomic E-state index is 0.487. The van der Waals surface area contributed by atoms with Crippen molar-refractivity contribution in [2.45, 2.75) is 54.1 Å². The van der Waals surface area contributed by atoms with E-state index >= 15 is 0 Å². The Labute approximate surface area is 171 Å². The first-order valence-electron chi connectivity index (χ1n) is 7.65. The Balaban J connectivity index is 6.26. The molecule has 0 bridgehead atoms. The van der Waals surface area contributed by atoms with E-state index in [2.05, 4.69) is 11.3 Å². The monoisotopic (exact) mass is 532 g/mol. The van der Waals surface area contributed by atoms with Gasteiger partial charge in [0, 0.05) is 6.42 Å². The summed E-state index contributed by atoms with van der Waals surface area (Å²) >= 11 is 0. The number of ketones is 1. The van der Waals surface area contributed by atoms with Crippen LogP contribution in [0.15, 0.2) is 12.7 Å². The Morgan fingerprint density at radius 1 is 0.606 bits per heavy atom. The molecule has 0 aliphatic carbocycles. The zero-order valence-electron chi connectivity index (χ0n) is 15.1. The van der Waals surface area contributed by atoms with E-state index in [0.29, 0.717) is 6.08 Å². The average Bonchev–Trinajstić information content (AvgIpc) is 2.62. The van der Waals surface area contributed by atoms with Crippen LogP contribution in [0.2, 0.25) is 0 Å². The van der Waals surface area contributed by atoms with Crippen LogP contribution in [-0.2, 0) is 9.53 Å². The molecule has 0 spiro atoms. The fourth-order valence-corrected chi connectivity index (χ4v) is 1.79. The van der Waals surface area contributed by atoms with Crippen molar-refractivity contribution in [3.63, 3.8) is 0 Å². The molecule has 0 aliphatic heterocycles. The number of rotatable bonds is 12. The molecular formula is C14H9F17O2. The highest BCUT2D eigenvalue weighted by molar-refractivity contribution is 5.90. The molecule has 0 aromatic heterocycles. The third-order valence-electron chi connectivity index (χ3n) is 3.82. The van der Waals surface area contributed by atoms with E-state index in [-0.39, 0.29) is 0 Å². The van der Waals surface area contributed by atoms with Gasteiger partial charge in [-0.05, 0) is 6.08 Å². The molecule has 0 saturated heterocycles. The summed E-state index contributed by atoms with van der Waals surface area (Å²) in [6, 6.07) is 0. The second kappa shape index (κ2) is 8.75. The molecule has 0 radical (unpaired) electrons. The van der Waals surface area contributed by atoms with Crippen molar-refractivity contribution >= 4 is 5.78 Å². The van der Waals surface area contributed by atoms with Crippen LogP contribution in [0.25, 0.3) is 0 Å². The topological polar surface area (TPSA) is 26.3 Å². The summed E-state index contributed by atoms with van der Waals surface area (Å²) in [5.41, 5.74) is 0. The van der Waals surface area contributed by atoms with Crippen LogP contribution in [0, 0.1) is 0 Å². The van der Waals surface area contributed by atoms with Gasteiger partial charge in [0.05, 0.1) is 6.61 Å². The molecular weight excluding hydrogens is 523 g/mol. The Hall–Kier alpha value is -1.82. The number of halogens is 17. The lowest BCUT2D eigenvalue weighted by Gasteiger charge is -2.42. The maximum absolute atomic E-state index is 13.5. The zero-order chi connectivity index (χ0) is 27.1. The second-order valence-corrected chi connectivity index (χ2v) is 6.12. The van der Waals surface area contributed by atoms with Crippen LogP contribution < -0.4 is 0 Å². The van der Waals surface area contributed by atoms with Crippen LogP contribution in [0.5, 0.6) is 0 Å². The van der Waals surface area contributed by atoms with Crippen LogP contribution in [-0.4, -0.2) is 66.6 Å². The molecule has 2 nitrogen and oxygen atoms in total. The SMILES string of the molecule is C=CC(=O)COCCC(F)(F)C(F)(F)C(F)(F)C(F)(F)C(F)(F)C(F)(F)C(F)(F)C(F)(F)F. The molecule has 0 N–H and O–H groups in total. The van der Waals surface area contributed by atoms with Crippen molar-refractivity contribution in [2.75, 3.05) is 13.2 Å². The lowest BCUT2D eigenvalue weighted by Crippen LogP contribution is -2.74. The van der Waals surface area contributed by atoms with Gasteiger partial charge in [0.25, 0.3) is 0 Å². The standard InChI is InChI=1S/C14H9F17O2/c1-2-6(32)5-33-4-3-7(15,16)8(17,18)9(19,20)10(21,22)11(23,24)12(25,26)13(27,28)14(29,30)31/h2H,1,3-5H2. The number of carbonyl (C=O) groups is 1. The highest BCUT2D eigenvalue weighted by Gasteiger charge is 2.95. The van der Waals surface area contributed by atoms with Crippen molar-refractivity contribution in [1.29, 1.82) is 0 Å². The maximum Gasteiger partial charge on any atom is 0.460 e. The van der Waals surface area contributed by atoms with Crippen LogP contribution in [0.1, 0.15) is 6.42 Å². The van der Waals surface area contributed by atoms with Gasteiger partial charge in [-0.3, -0.25) is 4.79 Å². The van der Waals surface area contributed by atoms with E-state index in [1.54, 1.807) is 0 Å². The van der Waals surface area contributed by atoms with E-state index in [0.717, 1.165) is 0 Å². The molecule has 19 heteroatoms. The summed E-state index contributed by atoms with van der Waals surface area (Å²) in [6.45, 7) is -0.205. The van der Waals surface area contributed by atoms with Gasteiger partial charge in [-0.2, -0.15) is 74.6 Å². The van der Waals surface area contributed by atoms with Gasteiger partial charge >= 0.3 is 47.6 Å². The minimum Gasteiger partial charge on any atom is -0.373 e. The highest BCUT2D eigenvalue weighted by atomic mass is 19.4. The Bertz CT molecular complexity index is 722. The minimum atomic E-state index is -8.66. The second-order valence-electron chi connectivity index (χ2n) is 6.12. The summed E-state index contributed by atoms with van der Waals surface area (Å²) in [4.78, 5) is 10.7. The molecule has 0 aliphatic rings. The molecule has 0 saturated carbocycles. The molecule has 33 heavy (non-hydrogen) atoms. The molecule has 0 aromatic carbocycles. The first-order chi connectivity index (χ1) is 14.2. The lowest BCUT2D eigenvalue weighted by molar-refractivity contribution is -0.462. The van der Waals surface area contributed by atoms with Gasteiger partial charge in [0.2, 0.25) is 0 Å². The van der Waals surface area contributed by atoms with Gasteiger partial charge in [-0.15, -0.1) is 0 Å². The van der Waals surface area contributed by atoms with E-state index in [1.807, 2.05) is 0 Å². The van der Waals surface area contributed by atoms with E-state index in [9.17, 15) is 79.4 Å². The van der Waals surface area contributed by atoms with Crippen molar-refractivity contribution < 1.29 is 84.2 Å². The third kappa shape index (κ3) is 4.73. The van der Waals surface area contributed by atoms with Crippen molar-refractivity contribution in [1.82, 2.24) is 0 Å². The summed E-state index contributed by atoms with van der Waals surface area (Å²) in [7, 11) is 0. The van der Waals surface area contributed by atoms with E-state index in [1.165, 1.54) is 0 Å². The van der Waals surface area contributed by atoms with Gasteiger partial charge in [0.15, 0.2) is 5.78 Å². The number of alkyl halides is 17. The van der Waals surface area contributed by atoms with Crippen LogP contribution in [0.4, 0.5) is 74.6 Å². The van der Waals surface area contributed by atoms with Crippen molar-refractivity contribution in [3.8, 4) is 0 Å². The number of carbonyl (C=O) groups excluding carboxylic acids is 1. The largest absolute Gasteiger partial charge is 0.460 e. The predicted octanol–water partition coefficient (Wildman–Crippen LogP) is 6.16. The normalized spacial score (nSPS) is 15.5. The van der Waals surface area contributed by atoms with Gasteiger partial charge < -0.3 is 4.74 Å². The number of hydrogen-bond donors (Lipinski definition) is 0. The predicted molar refractivity (Wildman–Crippen MR) is 71.3 cm³/mol. The summed E-state index contributed by atoms with van der Waals surface area (Å²) in [5, 5.41) is 0. The highest BCUT2D eigenvalue weighted by Crippen LogP contribution is 2.64. The summed E-state index contributed by atoms with van der Waals surface area (Å²) < 4.78 is 225. The van der Waals surface area contributed by atoms with Gasteiger partial charge in [-0.25, -0.2) is 0 Å². The van der Waals surface area contributed by atoms with Crippen molar-refractivity contribution in [3.05, 3.63) is 12.7 Å². The summed E-state index contributed by atoms with van der Waals surface area (Å²) in [5.74, 6) is -57.7. The van der Waals surface area contributed by atoms with Gasteiger partial charge in [0.1, 0.15) is 6.61 Å². The van der Waals surface area contributed by atoms with Crippen molar-refractivity contribution in [2.24, 2.45) is 0 Å². The molecule has 0 atom stereocenters. The molecule has 0 unspecified atom stereocenters. The number of hydrogen-bond acceptors (Lipinski definition) is 2. The fraction of sp³-hybridized carbons (Fsp3) is 0.786.